The van der Waals surface area contributed by atoms with Crippen molar-refractivity contribution in [1.29, 1.82) is 0 Å². The van der Waals surface area contributed by atoms with Gasteiger partial charge in [-0.3, -0.25) is 0 Å². The summed E-state index contributed by atoms with van der Waals surface area (Å²) in [5, 5.41) is 9.39. The van der Waals surface area contributed by atoms with Crippen LogP contribution < -0.4 is 14.9 Å². The zero-order chi connectivity index (χ0) is 61.4. The number of aromatic nitrogens is 6. The second-order valence-corrected chi connectivity index (χ2v) is 25.2. The molecule has 11 nitrogen and oxygen atoms in total. The van der Waals surface area contributed by atoms with Gasteiger partial charge in [0.2, 0.25) is 0 Å². The molecule has 1 aliphatic rings. The molecule has 3 aromatic carbocycles. The number of aromatic hydroxyl groups is 1. The maximum Gasteiger partial charge on any atom is 0.495 e. The van der Waals surface area contributed by atoms with E-state index in [1.165, 1.54) is 11.1 Å². The summed E-state index contributed by atoms with van der Waals surface area (Å²) in [6.45, 7) is 26.2. The quantitative estimate of drug-likeness (QED) is 0.100. The van der Waals surface area contributed by atoms with Crippen molar-refractivity contribution < 1.29 is 23.9 Å². The van der Waals surface area contributed by atoms with Crippen molar-refractivity contribution >= 4 is 88.9 Å². The number of halogens is 4. The molecule has 7 rings (SSSR count). The lowest BCUT2D eigenvalue weighted by molar-refractivity contribution is 0.00578. The van der Waals surface area contributed by atoms with Crippen LogP contribution in [0.2, 0.25) is 0 Å². The lowest BCUT2D eigenvalue weighted by Gasteiger charge is -2.32. The standard InChI is InChI=1S/C18H2.C14H21BO3.C14H16N2O.C13H14N2O.C6H7BrN2.BBr3.H3P/c1-3-5-7-9-11-13-15-17-18-16-14-12-10-8-6-4-2;1-10-9-11(16-6)7-8-12(10)15-17-13(2,3)14(4,5)18-15;1-9-7-12(17-4)5-6-13(9)14-10(2)15-8-16-11(14)3;1-8-6-11(16)4-5-12(8)13-9(2)14-7-15-10(13)3;1-4-6(7)5(2)9-3-8-4;2-1(3)4;/h1-2H;7-9H,1-6H3;5-8H,1-4H3;4-7,16H,1-3H3;3H,1-2H3;;1H3. The van der Waals surface area contributed by atoms with Gasteiger partial charge in [0, 0.05) is 33.9 Å². The van der Waals surface area contributed by atoms with Crippen LogP contribution in [-0.2, 0) is 9.31 Å². The maximum atomic E-state index is 9.39. The molecule has 3 aromatic heterocycles. The number of ether oxygens (including phenoxy) is 2. The molecule has 18 heteroatoms. The highest BCUT2D eigenvalue weighted by Crippen LogP contribution is 2.37. The number of phenolic OH excluding ortho intramolecular Hbond substituents is 1. The Morgan fingerprint density at radius 2 is 0.783 bits per heavy atom. The van der Waals surface area contributed by atoms with Gasteiger partial charge in [-0.05, 0) is 270 Å². The average Bonchev–Trinajstić information content (AvgIpc) is 3.96. The van der Waals surface area contributed by atoms with E-state index in [2.05, 4.69) is 229 Å². The van der Waals surface area contributed by atoms with Crippen molar-refractivity contribution in [3.8, 4) is 147 Å². The van der Waals surface area contributed by atoms with Gasteiger partial charge in [0.05, 0.1) is 41.3 Å². The summed E-state index contributed by atoms with van der Waals surface area (Å²) in [7, 11) is 3.04. The molecule has 1 atom stereocenters. The van der Waals surface area contributed by atoms with E-state index in [4.69, 9.17) is 31.6 Å². The van der Waals surface area contributed by atoms with Crippen molar-refractivity contribution in [2.75, 3.05) is 14.2 Å². The fraction of sp³-hybridized carbons (Fsp3) is 0.262. The normalized spacial score (nSPS) is 10.9. The molecular formula is C65H63B2Br4N6O5P. The Morgan fingerprint density at radius 1 is 0.482 bits per heavy atom. The Hall–Kier alpha value is -7.26. The van der Waals surface area contributed by atoms with Gasteiger partial charge >= 0.3 is 10.3 Å². The molecule has 0 aliphatic carbocycles. The van der Waals surface area contributed by atoms with Gasteiger partial charge in [-0.15, -0.1) is 60.1 Å². The van der Waals surface area contributed by atoms with Gasteiger partial charge < -0.3 is 23.9 Å². The SMILES string of the molecule is BrB(Br)Br.C#CC#CC#CC#CC#CC#CC#CC#CC#C.COc1ccc(-c2c(C)ncnc2C)c(C)c1.COc1ccc(B2OC(C)(C)C(C)(C)O2)c(C)c1.Cc1cc(O)ccc1-c1c(C)ncnc1C.Cc1ncnc(C)c1Br.P. The highest BCUT2D eigenvalue weighted by atomic mass is 79.9. The van der Waals surface area contributed by atoms with Crippen LogP contribution in [0.25, 0.3) is 22.3 Å². The van der Waals surface area contributed by atoms with E-state index in [0.29, 0.717) is 0 Å². The summed E-state index contributed by atoms with van der Waals surface area (Å²) < 4.78 is 23.8. The number of hydrogen-bond donors (Lipinski definition) is 1. The first-order chi connectivity index (χ1) is 38.8. The smallest absolute Gasteiger partial charge is 0.495 e. The molecular weight excluding hydrogens is 1320 g/mol. The molecule has 4 heterocycles. The van der Waals surface area contributed by atoms with E-state index >= 15 is 0 Å². The number of phenols is 1. The first-order valence-electron chi connectivity index (χ1n) is 24.6. The van der Waals surface area contributed by atoms with Crippen molar-refractivity contribution in [2.24, 2.45) is 0 Å². The van der Waals surface area contributed by atoms with Crippen molar-refractivity contribution in [1.82, 2.24) is 29.9 Å². The molecule has 0 bridgehead atoms. The highest BCUT2D eigenvalue weighted by molar-refractivity contribution is 9.69. The zero-order valence-electron chi connectivity index (χ0n) is 49.2. The van der Waals surface area contributed by atoms with Crippen LogP contribution in [0.5, 0.6) is 17.2 Å². The van der Waals surface area contributed by atoms with Crippen LogP contribution in [-0.4, -0.2) is 70.7 Å². The van der Waals surface area contributed by atoms with Gasteiger partial charge in [-0.2, -0.15) is 9.90 Å². The second kappa shape index (κ2) is 38.5. The summed E-state index contributed by atoms with van der Waals surface area (Å²) in [5.74, 6) is 40.3. The Labute approximate surface area is 530 Å². The molecule has 0 amide bonds. The van der Waals surface area contributed by atoms with Gasteiger partial charge in [0.1, 0.15) is 36.2 Å². The minimum atomic E-state index is -0.305. The Kier molecular flexibility index (Phi) is 34.2. The van der Waals surface area contributed by atoms with E-state index < -0.39 is 0 Å². The third-order valence-electron chi connectivity index (χ3n) is 11.7. The fourth-order valence-electron chi connectivity index (χ4n) is 6.97. The van der Waals surface area contributed by atoms with Crippen molar-refractivity contribution in [3.63, 3.8) is 0 Å². The Morgan fingerprint density at radius 3 is 1.08 bits per heavy atom. The predicted molar refractivity (Wildman–Crippen MR) is 360 cm³/mol. The second-order valence-electron chi connectivity index (χ2n) is 18.0. The number of nitrogens with zero attached hydrogens (tertiary/aromatic N) is 6. The van der Waals surface area contributed by atoms with E-state index in [9.17, 15) is 5.11 Å². The molecule has 0 spiro atoms. The number of hydrogen-bond acceptors (Lipinski definition) is 11. The molecule has 1 aliphatic heterocycles. The van der Waals surface area contributed by atoms with Gasteiger partial charge in [-0.25, -0.2) is 29.9 Å². The maximum absolute atomic E-state index is 9.39. The molecule has 0 saturated carbocycles. The first kappa shape index (κ1) is 73.8. The Balaban J connectivity index is 0.000000515. The number of terminal acetylenes is 2. The van der Waals surface area contributed by atoms with Crippen LogP contribution in [0.1, 0.15) is 78.5 Å². The van der Waals surface area contributed by atoms with Gasteiger partial charge in [0.25, 0.3) is 0 Å². The van der Waals surface area contributed by atoms with Crippen LogP contribution in [0, 0.1) is 170 Å². The largest absolute Gasteiger partial charge is 0.508 e. The lowest BCUT2D eigenvalue weighted by Crippen LogP contribution is -2.41. The van der Waals surface area contributed by atoms with E-state index in [1.54, 1.807) is 45.3 Å². The zero-order valence-corrected chi connectivity index (χ0v) is 57.0. The van der Waals surface area contributed by atoms with Crippen LogP contribution >= 0.6 is 73.1 Å². The summed E-state index contributed by atoms with van der Waals surface area (Å²) in [6.07, 6.45) is 14.5. The van der Waals surface area contributed by atoms with Gasteiger partial charge in [0.15, 0.2) is 0 Å². The monoisotopic (exact) mass is 1380 g/mol. The van der Waals surface area contributed by atoms with Crippen LogP contribution in [0.3, 0.4) is 0 Å². The number of benzene rings is 3. The predicted octanol–water partition coefficient (Wildman–Crippen LogP) is 12.5. The topological polar surface area (TPSA) is 134 Å². The third-order valence-corrected chi connectivity index (χ3v) is 12.9. The average molecular weight is 1380 g/mol. The molecule has 1 unspecified atom stereocenters. The van der Waals surface area contributed by atoms with Crippen molar-refractivity contribution in [2.45, 2.75) is 101 Å². The fourth-order valence-corrected chi connectivity index (χ4v) is 7.18. The summed E-state index contributed by atoms with van der Waals surface area (Å²) in [4.78, 5) is 24.9. The summed E-state index contributed by atoms with van der Waals surface area (Å²) in [6, 6.07) is 17.4. The van der Waals surface area contributed by atoms with E-state index in [-0.39, 0.29) is 37.2 Å². The minimum Gasteiger partial charge on any atom is -0.508 e. The van der Waals surface area contributed by atoms with Crippen molar-refractivity contribution in [3.05, 3.63) is 129 Å². The summed E-state index contributed by atoms with van der Waals surface area (Å²) >= 11 is 12.7. The molecule has 83 heavy (non-hydrogen) atoms. The lowest BCUT2D eigenvalue weighted by atomic mass is 9.76. The molecule has 1 N–H and O–H groups in total. The molecule has 6 aromatic rings. The molecule has 422 valence electrons. The third kappa shape index (κ3) is 25.8. The first-order valence-corrected chi connectivity index (χ1v) is 28.2. The number of rotatable bonds is 5. The highest BCUT2D eigenvalue weighted by Gasteiger charge is 2.52. The molecule has 0 radical (unpaired) electrons. The van der Waals surface area contributed by atoms with Crippen LogP contribution in [0.15, 0.2) is 78.1 Å². The minimum absolute atomic E-state index is 0. The Bertz CT molecular complexity index is 3610. The molecule has 1 saturated heterocycles. The molecule has 1 fully saturated rings. The van der Waals surface area contributed by atoms with E-state index in [1.807, 2.05) is 91.8 Å². The summed E-state index contributed by atoms with van der Waals surface area (Å²) in [5.41, 5.74) is 14.1. The number of aryl methyl sites for hydroxylation is 9. The van der Waals surface area contributed by atoms with Gasteiger partial charge in [-0.1, -0.05) is 18.2 Å². The van der Waals surface area contributed by atoms with Crippen LogP contribution in [0.4, 0.5) is 0 Å². The van der Waals surface area contributed by atoms with E-state index in [0.717, 1.165) is 83.4 Å². The number of methoxy groups -OCH3 is 2.